The van der Waals surface area contributed by atoms with Crippen LogP contribution in [0.2, 0.25) is 0 Å². The Balaban J connectivity index is 1.63. The molecule has 21 heavy (non-hydrogen) atoms. The minimum atomic E-state index is -0.476. The topological polar surface area (TPSA) is 55.4 Å². The van der Waals surface area contributed by atoms with Crippen LogP contribution in [-0.4, -0.2) is 51.4 Å². The van der Waals surface area contributed by atoms with Gasteiger partial charge in [0.25, 0.3) is 0 Å². The zero-order valence-corrected chi connectivity index (χ0v) is 12.3. The quantitative estimate of drug-likeness (QED) is 0.580. The Morgan fingerprint density at radius 2 is 2.10 bits per heavy atom. The van der Waals surface area contributed by atoms with Crippen molar-refractivity contribution in [3.8, 4) is 0 Å². The Morgan fingerprint density at radius 3 is 2.90 bits per heavy atom. The van der Waals surface area contributed by atoms with Gasteiger partial charge in [-0.3, -0.25) is 0 Å². The van der Waals surface area contributed by atoms with Crippen molar-refractivity contribution in [3.63, 3.8) is 0 Å². The zero-order chi connectivity index (χ0) is 14.4. The van der Waals surface area contributed by atoms with Crippen LogP contribution in [0.4, 0.5) is 0 Å². The molecule has 1 saturated carbocycles. The minimum Gasteiger partial charge on any atom is -0.473 e. The van der Waals surface area contributed by atoms with Crippen molar-refractivity contribution in [1.82, 2.24) is 0 Å². The van der Waals surface area contributed by atoms with Crippen LogP contribution in [0.5, 0.6) is 0 Å². The predicted molar refractivity (Wildman–Crippen MR) is 71.2 cm³/mol. The normalized spacial score (nSPS) is 43.0. The van der Waals surface area contributed by atoms with Gasteiger partial charge in [0.1, 0.15) is 12.4 Å². The SMILES string of the molecule is COCOC[C@]12C[C@@H]3OC=C[C@@]1(CCC1(C2)OCCO1)O3. The molecule has 0 aromatic carbocycles. The van der Waals surface area contributed by atoms with E-state index in [2.05, 4.69) is 6.08 Å². The zero-order valence-electron chi connectivity index (χ0n) is 12.3. The number of fused-ring (bicyclic) bond motifs is 1. The van der Waals surface area contributed by atoms with Crippen LogP contribution in [0.15, 0.2) is 12.3 Å². The Bertz CT molecular complexity index is 432. The summed E-state index contributed by atoms with van der Waals surface area (Å²) in [7, 11) is 1.63. The van der Waals surface area contributed by atoms with Crippen LogP contribution in [0.1, 0.15) is 25.7 Å². The molecule has 3 aliphatic heterocycles. The second kappa shape index (κ2) is 4.93. The van der Waals surface area contributed by atoms with E-state index in [0.717, 1.165) is 25.7 Å². The molecule has 0 aromatic rings. The highest BCUT2D eigenvalue weighted by atomic mass is 16.7. The average Bonchev–Trinajstić information content (AvgIpc) is 3.01. The van der Waals surface area contributed by atoms with E-state index in [1.165, 1.54) is 0 Å². The van der Waals surface area contributed by atoms with Crippen molar-refractivity contribution >= 4 is 0 Å². The molecule has 6 nitrogen and oxygen atoms in total. The van der Waals surface area contributed by atoms with Gasteiger partial charge in [-0.25, -0.2) is 0 Å². The maximum absolute atomic E-state index is 6.18. The van der Waals surface area contributed by atoms with Crippen molar-refractivity contribution in [2.75, 3.05) is 33.7 Å². The fourth-order valence-corrected chi connectivity index (χ4v) is 4.33. The summed E-state index contributed by atoms with van der Waals surface area (Å²) in [5.41, 5.74) is -0.518. The lowest BCUT2D eigenvalue weighted by Crippen LogP contribution is -2.57. The first-order valence-electron chi connectivity index (χ1n) is 7.57. The molecule has 1 aliphatic carbocycles. The van der Waals surface area contributed by atoms with Gasteiger partial charge in [-0.1, -0.05) is 0 Å². The first-order chi connectivity index (χ1) is 10.2. The third-order valence-electron chi connectivity index (χ3n) is 5.24. The molecule has 3 heterocycles. The molecule has 118 valence electrons. The van der Waals surface area contributed by atoms with E-state index in [1.807, 2.05) is 0 Å². The van der Waals surface area contributed by atoms with Gasteiger partial charge in [-0.15, -0.1) is 0 Å². The van der Waals surface area contributed by atoms with Crippen molar-refractivity contribution in [1.29, 1.82) is 0 Å². The average molecular weight is 298 g/mol. The van der Waals surface area contributed by atoms with Crippen molar-refractivity contribution < 1.29 is 28.4 Å². The molecule has 3 fully saturated rings. The van der Waals surface area contributed by atoms with Gasteiger partial charge in [-0.05, 0) is 12.5 Å². The molecule has 2 saturated heterocycles. The second-order valence-electron chi connectivity index (χ2n) is 6.40. The van der Waals surface area contributed by atoms with E-state index >= 15 is 0 Å². The van der Waals surface area contributed by atoms with Crippen LogP contribution < -0.4 is 0 Å². The van der Waals surface area contributed by atoms with Crippen LogP contribution in [-0.2, 0) is 28.4 Å². The van der Waals surface area contributed by atoms with E-state index in [4.69, 9.17) is 28.4 Å². The summed E-state index contributed by atoms with van der Waals surface area (Å²) in [5, 5.41) is 0. The van der Waals surface area contributed by atoms with E-state index in [1.54, 1.807) is 13.4 Å². The van der Waals surface area contributed by atoms with Crippen LogP contribution in [0, 0.1) is 5.41 Å². The van der Waals surface area contributed by atoms with Gasteiger partial charge in [0, 0.05) is 31.8 Å². The highest BCUT2D eigenvalue weighted by Crippen LogP contribution is 2.61. The monoisotopic (exact) mass is 298 g/mol. The largest absolute Gasteiger partial charge is 0.473 e. The number of hydrogen-bond donors (Lipinski definition) is 0. The Kier molecular flexibility index (Phi) is 3.28. The number of hydrogen-bond acceptors (Lipinski definition) is 6. The molecule has 2 spiro atoms. The molecule has 0 N–H and O–H groups in total. The highest BCUT2D eigenvalue weighted by molar-refractivity contribution is 5.21. The summed E-state index contributed by atoms with van der Waals surface area (Å²) in [5.74, 6) is -0.476. The molecule has 4 aliphatic rings. The van der Waals surface area contributed by atoms with Gasteiger partial charge in [-0.2, -0.15) is 0 Å². The van der Waals surface area contributed by atoms with E-state index < -0.39 is 5.79 Å². The van der Waals surface area contributed by atoms with E-state index in [-0.39, 0.29) is 24.1 Å². The van der Waals surface area contributed by atoms with Crippen molar-refractivity contribution in [2.24, 2.45) is 5.41 Å². The van der Waals surface area contributed by atoms with Crippen LogP contribution in [0.25, 0.3) is 0 Å². The Hall–Kier alpha value is -0.660. The molecule has 0 unspecified atom stereocenters. The van der Waals surface area contributed by atoms with Crippen LogP contribution in [0.3, 0.4) is 0 Å². The summed E-state index contributed by atoms with van der Waals surface area (Å²) in [6.45, 7) is 2.17. The molecule has 0 aromatic heterocycles. The standard InChI is InChI=1S/C15H22O6/c1-16-11-17-10-13-8-12-18-5-4-14(13,21-12)2-3-15(9-13)19-6-7-20-15/h4-5,12H,2-3,6-11H2,1H3/t12-,13-,14-/m1/s1. The van der Waals surface area contributed by atoms with Crippen molar-refractivity contribution in [2.45, 2.75) is 43.4 Å². The lowest BCUT2D eigenvalue weighted by atomic mass is 9.61. The fraction of sp³-hybridized carbons (Fsp3) is 0.867. The molecular weight excluding hydrogens is 276 g/mol. The minimum absolute atomic E-state index is 0.189. The molecule has 6 heteroatoms. The van der Waals surface area contributed by atoms with Crippen molar-refractivity contribution in [3.05, 3.63) is 12.3 Å². The number of methoxy groups -OCH3 is 1. The van der Waals surface area contributed by atoms with Gasteiger partial charge in [0.05, 0.1) is 26.1 Å². The first-order valence-corrected chi connectivity index (χ1v) is 7.57. The van der Waals surface area contributed by atoms with Gasteiger partial charge >= 0.3 is 0 Å². The first kappa shape index (κ1) is 14.0. The smallest absolute Gasteiger partial charge is 0.200 e. The van der Waals surface area contributed by atoms with E-state index in [0.29, 0.717) is 19.8 Å². The van der Waals surface area contributed by atoms with Crippen LogP contribution >= 0.6 is 0 Å². The lowest BCUT2D eigenvalue weighted by Gasteiger charge is -2.51. The summed E-state index contributed by atoms with van der Waals surface area (Å²) in [6, 6.07) is 0. The van der Waals surface area contributed by atoms with Gasteiger partial charge in [0.2, 0.25) is 6.29 Å². The molecular formula is C15H22O6. The molecule has 0 radical (unpaired) electrons. The Labute approximate surface area is 124 Å². The predicted octanol–water partition coefficient (Wildman–Crippen LogP) is 1.55. The second-order valence-corrected chi connectivity index (χ2v) is 6.40. The lowest BCUT2D eigenvalue weighted by molar-refractivity contribution is -0.250. The fourth-order valence-electron chi connectivity index (χ4n) is 4.33. The molecule has 3 atom stereocenters. The maximum Gasteiger partial charge on any atom is 0.200 e. The van der Waals surface area contributed by atoms with Gasteiger partial charge < -0.3 is 28.4 Å². The van der Waals surface area contributed by atoms with E-state index in [9.17, 15) is 0 Å². The third-order valence-corrected chi connectivity index (χ3v) is 5.24. The molecule has 4 rings (SSSR count). The summed E-state index contributed by atoms with van der Waals surface area (Å²) in [6.07, 6.45) is 6.90. The number of ether oxygens (including phenoxy) is 6. The molecule has 0 amide bonds. The summed E-state index contributed by atoms with van der Waals surface area (Å²) < 4.78 is 34.4. The van der Waals surface area contributed by atoms with Gasteiger partial charge in [0.15, 0.2) is 5.79 Å². The number of rotatable bonds is 4. The Morgan fingerprint density at radius 1 is 1.24 bits per heavy atom. The summed E-state index contributed by atoms with van der Waals surface area (Å²) in [4.78, 5) is 0. The summed E-state index contributed by atoms with van der Waals surface area (Å²) >= 11 is 0. The highest BCUT2D eigenvalue weighted by Gasteiger charge is 2.67. The third kappa shape index (κ3) is 2.04. The molecule has 2 bridgehead atoms. The maximum atomic E-state index is 6.18.